The highest BCUT2D eigenvalue weighted by Crippen LogP contribution is 2.30. The topological polar surface area (TPSA) is 38.9 Å². The maximum absolute atomic E-state index is 12.9. The minimum atomic E-state index is -0.263. The standard InChI is InChI=1S/C10H8BrFN2S/c11-9-3-6(12)1-2-8(9)10-14-7(4-13)5-15-10/h1-3,5H,4,13H2. The van der Waals surface area contributed by atoms with Crippen molar-refractivity contribution in [1.29, 1.82) is 0 Å². The van der Waals surface area contributed by atoms with E-state index in [9.17, 15) is 4.39 Å². The van der Waals surface area contributed by atoms with Gasteiger partial charge in [0.2, 0.25) is 0 Å². The van der Waals surface area contributed by atoms with Crippen molar-refractivity contribution in [2.24, 2.45) is 5.73 Å². The summed E-state index contributed by atoms with van der Waals surface area (Å²) in [5, 5.41) is 2.76. The third-order valence-electron chi connectivity index (χ3n) is 1.92. The Hall–Kier alpha value is -0.780. The third-order valence-corrected chi connectivity index (χ3v) is 3.50. The number of aromatic nitrogens is 1. The van der Waals surface area contributed by atoms with Crippen LogP contribution in [0.15, 0.2) is 28.1 Å². The van der Waals surface area contributed by atoms with E-state index in [0.717, 1.165) is 16.3 Å². The zero-order valence-corrected chi connectivity index (χ0v) is 10.1. The third kappa shape index (κ3) is 2.25. The molecular formula is C10H8BrFN2S. The number of thiazole rings is 1. The molecule has 0 saturated carbocycles. The van der Waals surface area contributed by atoms with Crippen LogP contribution >= 0.6 is 27.3 Å². The van der Waals surface area contributed by atoms with Gasteiger partial charge in [-0.3, -0.25) is 0 Å². The van der Waals surface area contributed by atoms with Gasteiger partial charge in [-0.1, -0.05) is 0 Å². The van der Waals surface area contributed by atoms with Crippen LogP contribution in [0.3, 0.4) is 0 Å². The Balaban J connectivity index is 2.44. The molecule has 0 fully saturated rings. The van der Waals surface area contributed by atoms with Crippen LogP contribution in [-0.4, -0.2) is 4.98 Å². The lowest BCUT2D eigenvalue weighted by atomic mass is 10.2. The molecule has 0 aliphatic rings. The number of rotatable bonds is 2. The summed E-state index contributed by atoms with van der Waals surface area (Å²) in [7, 11) is 0. The van der Waals surface area contributed by atoms with E-state index in [0.29, 0.717) is 11.0 Å². The molecule has 1 heterocycles. The molecule has 1 aromatic carbocycles. The van der Waals surface area contributed by atoms with Crippen molar-refractivity contribution in [3.05, 3.63) is 39.6 Å². The molecule has 0 aliphatic heterocycles. The Morgan fingerprint density at radius 3 is 2.87 bits per heavy atom. The molecule has 0 saturated heterocycles. The molecule has 5 heteroatoms. The Morgan fingerprint density at radius 1 is 1.47 bits per heavy atom. The van der Waals surface area contributed by atoms with Crippen LogP contribution < -0.4 is 5.73 Å². The summed E-state index contributed by atoms with van der Waals surface area (Å²) in [6, 6.07) is 4.56. The Labute approximate surface area is 99.1 Å². The zero-order chi connectivity index (χ0) is 10.8. The van der Waals surface area contributed by atoms with Gasteiger partial charge in [-0.25, -0.2) is 9.37 Å². The molecule has 0 spiro atoms. The van der Waals surface area contributed by atoms with Gasteiger partial charge < -0.3 is 5.73 Å². The first-order valence-electron chi connectivity index (χ1n) is 4.30. The van der Waals surface area contributed by atoms with Gasteiger partial charge in [0.1, 0.15) is 10.8 Å². The number of benzene rings is 1. The molecule has 2 rings (SSSR count). The summed E-state index contributed by atoms with van der Waals surface area (Å²) in [6.45, 7) is 0.426. The molecule has 0 aliphatic carbocycles. The van der Waals surface area contributed by atoms with Crippen molar-refractivity contribution in [2.45, 2.75) is 6.54 Å². The van der Waals surface area contributed by atoms with Gasteiger partial charge in [0, 0.05) is 22.0 Å². The van der Waals surface area contributed by atoms with Crippen LogP contribution in [0.2, 0.25) is 0 Å². The van der Waals surface area contributed by atoms with Crippen LogP contribution in [0.1, 0.15) is 5.69 Å². The highest BCUT2D eigenvalue weighted by Gasteiger charge is 2.08. The second kappa shape index (κ2) is 4.38. The number of halogens is 2. The summed E-state index contributed by atoms with van der Waals surface area (Å²) in [4.78, 5) is 4.33. The van der Waals surface area contributed by atoms with Gasteiger partial charge in [-0.15, -0.1) is 11.3 Å². The number of hydrogen-bond donors (Lipinski definition) is 1. The van der Waals surface area contributed by atoms with Gasteiger partial charge in [0.25, 0.3) is 0 Å². The van der Waals surface area contributed by atoms with Crippen LogP contribution in [0.5, 0.6) is 0 Å². The number of hydrogen-bond acceptors (Lipinski definition) is 3. The van der Waals surface area contributed by atoms with E-state index in [1.54, 1.807) is 6.07 Å². The first-order valence-corrected chi connectivity index (χ1v) is 5.98. The fraction of sp³-hybridized carbons (Fsp3) is 0.100. The minimum Gasteiger partial charge on any atom is -0.325 e. The summed E-state index contributed by atoms with van der Waals surface area (Å²) in [5.41, 5.74) is 7.22. The van der Waals surface area contributed by atoms with Gasteiger partial charge in [-0.05, 0) is 34.1 Å². The van der Waals surface area contributed by atoms with Crippen molar-refractivity contribution < 1.29 is 4.39 Å². The van der Waals surface area contributed by atoms with Crippen molar-refractivity contribution >= 4 is 27.3 Å². The smallest absolute Gasteiger partial charge is 0.124 e. The average molecular weight is 287 g/mol. The van der Waals surface area contributed by atoms with E-state index in [2.05, 4.69) is 20.9 Å². The summed E-state index contributed by atoms with van der Waals surface area (Å²) < 4.78 is 13.6. The molecular weight excluding hydrogens is 279 g/mol. The highest BCUT2D eigenvalue weighted by atomic mass is 79.9. The van der Waals surface area contributed by atoms with Crippen molar-refractivity contribution in [1.82, 2.24) is 4.98 Å². The summed E-state index contributed by atoms with van der Waals surface area (Å²) in [5.74, 6) is -0.263. The van der Waals surface area contributed by atoms with Crippen LogP contribution in [0, 0.1) is 5.82 Å². The van der Waals surface area contributed by atoms with E-state index in [-0.39, 0.29) is 5.82 Å². The van der Waals surface area contributed by atoms with E-state index >= 15 is 0 Å². The van der Waals surface area contributed by atoms with Crippen molar-refractivity contribution in [3.63, 3.8) is 0 Å². The van der Waals surface area contributed by atoms with Gasteiger partial charge in [0.15, 0.2) is 0 Å². The maximum atomic E-state index is 12.9. The summed E-state index contributed by atoms with van der Waals surface area (Å²) >= 11 is 4.81. The molecule has 0 bridgehead atoms. The Kier molecular flexibility index (Phi) is 3.14. The Bertz CT molecular complexity index is 484. The van der Waals surface area contributed by atoms with Gasteiger partial charge in [0.05, 0.1) is 5.69 Å². The van der Waals surface area contributed by atoms with E-state index in [1.165, 1.54) is 23.5 Å². The van der Waals surface area contributed by atoms with E-state index in [1.807, 2.05) is 5.38 Å². The molecule has 2 nitrogen and oxygen atoms in total. The van der Waals surface area contributed by atoms with E-state index in [4.69, 9.17) is 5.73 Å². The second-order valence-electron chi connectivity index (χ2n) is 2.97. The first-order chi connectivity index (χ1) is 7.20. The molecule has 0 radical (unpaired) electrons. The Morgan fingerprint density at radius 2 is 2.27 bits per heavy atom. The lowest BCUT2D eigenvalue weighted by molar-refractivity contribution is 0.627. The molecule has 0 unspecified atom stereocenters. The van der Waals surface area contributed by atoms with Gasteiger partial charge in [-0.2, -0.15) is 0 Å². The SMILES string of the molecule is NCc1csc(-c2ccc(F)cc2Br)n1. The molecule has 78 valence electrons. The predicted molar refractivity (Wildman–Crippen MR) is 63.1 cm³/mol. The lowest BCUT2D eigenvalue weighted by Crippen LogP contribution is -1.95. The number of nitrogens with zero attached hydrogens (tertiary/aromatic N) is 1. The average Bonchev–Trinajstić information content (AvgIpc) is 2.66. The first kappa shape index (κ1) is 10.7. The quantitative estimate of drug-likeness (QED) is 0.921. The predicted octanol–water partition coefficient (Wildman–Crippen LogP) is 3.17. The maximum Gasteiger partial charge on any atom is 0.124 e. The monoisotopic (exact) mass is 286 g/mol. The fourth-order valence-electron chi connectivity index (χ4n) is 1.19. The largest absolute Gasteiger partial charge is 0.325 e. The molecule has 0 amide bonds. The van der Waals surface area contributed by atoms with Crippen LogP contribution in [0.4, 0.5) is 4.39 Å². The summed E-state index contributed by atoms with van der Waals surface area (Å²) in [6.07, 6.45) is 0. The van der Waals surface area contributed by atoms with Crippen molar-refractivity contribution in [2.75, 3.05) is 0 Å². The molecule has 2 N–H and O–H groups in total. The normalized spacial score (nSPS) is 10.6. The molecule has 0 atom stereocenters. The van der Waals surface area contributed by atoms with Crippen LogP contribution in [-0.2, 0) is 6.54 Å². The lowest BCUT2D eigenvalue weighted by Gasteiger charge is -1.99. The van der Waals surface area contributed by atoms with Crippen molar-refractivity contribution in [3.8, 4) is 10.6 Å². The van der Waals surface area contributed by atoms with Crippen LogP contribution in [0.25, 0.3) is 10.6 Å². The molecule has 2 aromatic rings. The molecule has 1 aromatic heterocycles. The second-order valence-corrected chi connectivity index (χ2v) is 4.68. The van der Waals surface area contributed by atoms with Gasteiger partial charge >= 0.3 is 0 Å². The highest BCUT2D eigenvalue weighted by molar-refractivity contribution is 9.10. The number of nitrogens with two attached hydrogens (primary N) is 1. The fourth-order valence-corrected chi connectivity index (χ4v) is 2.73. The zero-order valence-electron chi connectivity index (χ0n) is 7.71. The van der Waals surface area contributed by atoms with E-state index < -0.39 is 0 Å². The molecule has 15 heavy (non-hydrogen) atoms. The minimum absolute atomic E-state index is 0.263.